The van der Waals surface area contributed by atoms with E-state index in [1.165, 1.54) is 37.1 Å². The van der Waals surface area contributed by atoms with Gasteiger partial charge in [-0.25, -0.2) is 22.4 Å². The molecule has 0 unspecified atom stereocenters. The van der Waals surface area contributed by atoms with Gasteiger partial charge in [0.05, 0.1) is 13.2 Å². The standard InChI is InChI=1S/C25H31F2N3O2.C13H18F2N2/c1-29-12-10-22(11-13-29)30(16-20-6-7-21(26)14-24(20)27)25(31)28-15-18-4-8-23(9-5-18)32-17-19-2-3-19;1-17-6-4-12(5-7-17)16-9-10-2-3-11(14)8-13(10)15/h4-9,14,19,22H,2-3,10-13,15-17H2,1H3,(H,28,31);2-3,8,12,16H,4-7,9H2,1H3. The molecular weight excluding hydrogens is 634 g/mol. The van der Waals surface area contributed by atoms with Gasteiger partial charge in [-0.15, -0.1) is 0 Å². The zero-order valence-corrected chi connectivity index (χ0v) is 28.6. The summed E-state index contributed by atoms with van der Waals surface area (Å²) in [7, 11) is 4.16. The Kier molecular flexibility index (Phi) is 13.3. The number of benzene rings is 3. The number of piperidine rings is 2. The van der Waals surface area contributed by atoms with E-state index in [0.29, 0.717) is 36.2 Å². The zero-order chi connectivity index (χ0) is 34.8. The average molecular weight is 684 g/mol. The summed E-state index contributed by atoms with van der Waals surface area (Å²) in [4.78, 5) is 19.3. The minimum atomic E-state index is -0.627. The maximum atomic E-state index is 14.3. The number of nitrogens with zero attached hydrogens (tertiary/aromatic N) is 3. The zero-order valence-electron chi connectivity index (χ0n) is 28.6. The van der Waals surface area contributed by atoms with E-state index in [0.717, 1.165) is 81.9 Å². The summed E-state index contributed by atoms with van der Waals surface area (Å²) in [5, 5.41) is 6.30. The number of hydrogen-bond acceptors (Lipinski definition) is 5. The number of rotatable bonds is 11. The first-order valence-corrected chi connectivity index (χ1v) is 17.4. The molecule has 2 N–H and O–H groups in total. The molecule has 3 aromatic rings. The summed E-state index contributed by atoms with van der Waals surface area (Å²) >= 11 is 0. The fraction of sp³-hybridized carbons (Fsp3) is 0.500. The lowest BCUT2D eigenvalue weighted by Crippen LogP contribution is -2.49. The van der Waals surface area contributed by atoms with Crippen LogP contribution < -0.4 is 15.4 Å². The van der Waals surface area contributed by atoms with Gasteiger partial charge in [0, 0.05) is 48.4 Å². The van der Waals surface area contributed by atoms with Gasteiger partial charge in [0.15, 0.2) is 0 Å². The van der Waals surface area contributed by atoms with E-state index in [1.807, 2.05) is 24.3 Å². The SMILES string of the molecule is CN1CCC(N(Cc2ccc(F)cc2F)C(=O)NCc2ccc(OCC3CC3)cc2)CC1.CN1CCC(NCc2ccc(F)cc2F)CC1. The number of halogens is 4. The molecule has 1 aliphatic carbocycles. The van der Waals surface area contributed by atoms with E-state index in [4.69, 9.17) is 4.74 Å². The third kappa shape index (κ3) is 11.7. The molecule has 2 heterocycles. The van der Waals surface area contributed by atoms with Gasteiger partial charge in [0.2, 0.25) is 0 Å². The van der Waals surface area contributed by atoms with Crippen molar-refractivity contribution < 1.29 is 27.1 Å². The third-order valence-corrected chi connectivity index (χ3v) is 9.61. The Morgan fingerprint density at radius 1 is 0.755 bits per heavy atom. The fourth-order valence-electron chi connectivity index (χ4n) is 6.12. The first-order chi connectivity index (χ1) is 23.6. The molecule has 0 atom stereocenters. The van der Waals surface area contributed by atoms with Crippen molar-refractivity contribution in [1.82, 2.24) is 25.3 Å². The Hall–Kier alpha value is -3.67. The molecule has 0 aromatic heterocycles. The Balaban J connectivity index is 0.000000232. The predicted molar refractivity (Wildman–Crippen MR) is 183 cm³/mol. The summed E-state index contributed by atoms with van der Waals surface area (Å²) < 4.78 is 59.5. The molecule has 0 bridgehead atoms. The molecule has 2 aliphatic heterocycles. The Morgan fingerprint density at radius 3 is 1.90 bits per heavy atom. The van der Waals surface area contributed by atoms with E-state index in [1.54, 1.807) is 4.90 Å². The van der Waals surface area contributed by atoms with Crippen LogP contribution in [0.1, 0.15) is 55.2 Å². The first kappa shape index (κ1) is 36.6. The van der Waals surface area contributed by atoms with E-state index in [-0.39, 0.29) is 18.6 Å². The van der Waals surface area contributed by atoms with Crippen molar-refractivity contribution in [3.63, 3.8) is 0 Å². The van der Waals surface area contributed by atoms with Crippen molar-refractivity contribution in [3.05, 3.63) is 101 Å². The van der Waals surface area contributed by atoms with Crippen LogP contribution in [0.15, 0.2) is 60.7 Å². The van der Waals surface area contributed by atoms with E-state index >= 15 is 0 Å². The molecule has 6 rings (SSSR count). The Morgan fingerprint density at radius 2 is 1.33 bits per heavy atom. The van der Waals surface area contributed by atoms with Gasteiger partial charge in [0.25, 0.3) is 0 Å². The number of nitrogens with one attached hydrogen (secondary N) is 2. The van der Waals surface area contributed by atoms with Crippen molar-refractivity contribution in [2.24, 2.45) is 5.92 Å². The summed E-state index contributed by atoms with van der Waals surface area (Å²) in [5.74, 6) is -0.697. The number of amides is 2. The highest BCUT2D eigenvalue weighted by atomic mass is 19.1. The van der Waals surface area contributed by atoms with Crippen LogP contribution in [0.5, 0.6) is 5.75 Å². The summed E-state index contributed by atoms with van der Waals surface area (Å²) in [6.45, 7) is 5.62. The second-order valence-electron chi connectivity index (χ2n) is 13.6. The van der Waals surface area contributed by atoms with Crippen LogP contribution in [0.4, 0.5) is 22.4 Å². The van der Waals surface area contributed by atoms with Gasteiger partial charge >= 0.3 is 6.03 Å². The van der Waals surface area contributed by atoms with Gasteiger partial charge in [-0.05, 0) is 115 Å². The first-order valence-electron chi connectivity index (χ1n) is 17.4. The molecule has 3 aliphatic rings. The highest BCUT2D eigenvalue weighted by Gasteiger charge is 2.28. The maximum absolute atomic E-state index is 14.3. The third-order valence-electron chi connectivity index (χ3n) is 9.61. The molecule has 3 aromatic carbocycles. The fourth-order valence-corrected chi connectivity index (χ4v) is 6.12. The largest absolute Gasteiger partial charge is 0.493 e. The second-order valence-corrected chi connectivity index (χ2v) is 13.6. The van der Waals surface area contributed by atoms with Crippen molar-refractivity contribution in [3.8, 4) is 5.75 Å². The molecule has 266 valence electrons. The van der Waals surface area contributed by atoms with Crippen LogP contribution in [-0.2, 0) is 19.6 Å². The molecule has 1 saturated carbocycles. The molecule has 0 spiro atoms. The van der Waals surface area contributed by atoms with Gasteiger partial charge in [0.1, 0.15) is 29.0 Å². The van der Waals surface area contributed by atoms with E-state index < -0.39 is 23.3 Å². The summed E-state index contributed by atoms with van der Waals surface area (Å²) in [6.07, 6.45) is 6.30. The number of urea groups is 1. The lowest BCUT2D eigenvalue weighted by atomic mass is 10.0. The van der Waals surface area contributed by atoms with E-state index in [9.17, 15) is 22.4 Å². The van der Waals surface area contributed by atoms with E-state index in [2.05, 4.69) is 34.5 Å². The average Bonchev–Trinajstić information content (AvgIpc) is 3.92. The summed E-state index contributed by atoms with van der Waals surface area (Å²) in [6, 6.07) is 15.2. The highest BCUT2D eigenvalue weighted by Crippen LogP contribution is 2.29. The van der Waals surface area contributed by atoms with Crippen molar-refractivity contribution in [2.45, 2.75) is 70.2 Å². The number of likely N-dealkylation sites (tertiary alicyclic amines) is 2. The Bertz CT molecular complexity index is 1490. The quantitative estimate of drug-likeness (QED) is 0.220. The molecule has 7 nitrogen and oxygen atoms in total. The van der Waals surface area contributed by atoms with Gasteiger partial charge in [-0.2, -0.15) is 0 Å². The molecule has 2 amide bonds. The minimum absolute atomic E-state index is 0.00820. The smallest absolute Gasteiger partial charge is 0.318 e. The lowest BCUT2D eigenvalue weighted by Gasteiger charge is -2.37. The minimum Gasteiger partial charge on any atom is -0.493 e. The highest BCUT2D eigenvalue weighted by molar-refractivity contribution is 5.74. The van der Waals surface area contributed by atoms with Gasteiger partial charge in [-0.1, -0.05) is 24.3 Å². The molecule has 2 saturated heterocycles. The number of carbonyl (C=O) groups is 1. The van der Waals surface area contributed by atoms with Gasteiger partial charge < -0.3 is 30.1 Å². The Labute approximate surface area is 287 Å². The van der Waals surface area contributed by atoms with Crippen LogP contribution in [-0.4, -0.2) is 79.7 Å². The monoisotopic (exact) mass is 683 g/mol. The topological polar surface area (TPSA) is 60.1 Å². The molecule has 0 radical (unpaired) electrons. The van der Waals surface area contributed by atoms with Gasteiger partial charge in [-0.3, -0.25) is 0 Å². The van der Waals surface area contributed by atoms with Crippen LogP contribution >= 0.6 is 0 Å². The van der Waals surface area contributed by atoms with Crippen LogP contribution in [0, 0.1) is 29.2 Å². The molecule has 3 fully saturated rings. The maximum Gasteiger partial charge on any atom is 0.318 e. The predicted octanol–water partition coefficient (Wildman–Crippen LogP) is 6.71. The summed E-state index contributed by atoms with van der Waals surface area (Å²) in [5.41, 5.74) is 1.82. The molecule has 11 heteroatoms. The van der Waals surface area contributed by atoms with Crippen LogP contribution in [0.2, 0.25) is 0 Å². The normalized spacial score (nSPS) is 17.7. The van der Waals surface area contributed by atoms with Crippen molar-refractivity contribution in [1.29, 1.82) is 0 Å². The second kappa shape index (κ2) is 17.8. The van der Waals surface area contributed by atoms with Crippen LogP contribution in [0.3, 0.4) is 0 Å². The number of carbonyl (C=O) groups excluding carboxylic acids is 1. The molecule has 49 heavy (non-hydrogen) atoms. The van der Waals surface area contributed by atoms with Crippen LogP contribution in [0.25, 0.3) is 0 Å². The number of ether oxygens (including phenoxy) is 1. The number of hydrogen-bond donors (Lipinski definition) is 2. The molecular formula is C38H49F4N5O2. The lowest BCUT2D eigenvalue weighted by molar-refractivity contribution is 0.126. The van der Waals surface area contributed by atoms with Crippen molar-refractivity contribution in [2.75, 3.05) is 46.9 Å². The van der Waals surface area contributed by atoms with Crippen molar-refractivity contribution >= 4 is 6.03 Å².